The molecule has 252 valence electrons. The molecule has 2 heterocycles. The average molecular weight is 786 g/mol. The molecule has 0 aromatic heterocycles. The van der Waals surface area contributed by atoms with Gasteiger partial charge in [-0.25, -0.2) is 0 Å². The molecule has 2 aliphatic heterocycles. The number of hydrogen-bond donors (Lipinski definition) is 1. The number of aromatic hydroxyl groups is 1. The molecule has 6 atom stereocenters. The lowest BCUT2D eigenvalue weighted by molar-refractivity contribution is -0.138. The zero-order chi connectivity index (χ0) is 35.0. The van der Waals surface area contributed by atoms with Gasteiger partial charge in [-0.15, -0.1) is 23.2 Å². The number of phenols is 1. The van der Waals surface area contributed by atoms with Crippen molar-refractivity contribution in [3.8, 4) is 5.75 Å². The number of amides is 4. The molecule has 3 aromatic carbocycles. The minimum atomic E-state index is -2.04. The molecule has 4 aliphatic rings. The van der Waals surface area contributed by atoms with Gasteiger partial charge in [0, 0.05) is 36.3 Å². The molecule has 7 rings (SSSR count). The third-order valence-corrected chi connectivity index (χ3v) is 12.2. The zero-order valence-corrected chi connectivity index (χ0v) is 30.0. The summed E-state index contributed by atoms with van der Waals surface area (Å²) in [5, 5.41) is 19.9. The van der Waals surface area contributed by atoms with Crippen molar-refractivity contribution in [2.75, 3.05) is 29.3 Å². The average Bonchev–Trinajstić information content (AvgIpc) is 3.42. The van der Waals surface area contributed by atoms with Gasteiger partial charge in [-0.05, 0) is 85.5 Å². The molecule has 0 radical (unpaired) electrons. The van der Waals surface area contributed by atoms with E-state index in [0.717, 1.165) is 15.5 Å². The quantitative estimate of drug-likeness (QED) is 0.0912. The summed E-state index contributed by atoms with van der Waals surface area (Å²) in [4.78, 5) is 56.0. The molecule has 0 spiro atoms. The minimum Gasteiger partial charge on any atom is -0.508 e. The maximum Gasteiger partial charge on any atom is 0.254 e. The van der Waals surface area contributed by atoms with E-state index in [1.54, 1.807) is 30.3 Å². The van der Waals surface area contributed by atoms with Gasteiger partial charge in [-0.3, -0.25) is 29.0 Å². The second kappa shape index (κ2) is 12.2. The summed E-state index contributed by atoms with van der Waals surface area (Å²) in [6.07, 6.45) is 1.81. The van der Waals surface area contributed by atoms with Gasteiger partial charge < -0.3 is 10.0 Å². The van der Waals surface area contributed by atoms with Gasteiger partial charge in [-0.1, -0.05) is 39.2 Å². The number of halogens is 4. The van der Waals surface area contributed by atoms with Crippen molar-refractivity contribution in [1.82, 2.24) is 4.90 Å². The summed E-state index contributed by atoms with van der Waals surface area (Å²) < 4.78 is 0. The Kier molecular flexibility index (Phi) is 8.41. The van der Waals surface area contributed by atoms with Crippen LogP contribution in [0.15, 0.2) is 88.6 Å². The van der Waals surface area contributed by atoms with E-state index < -0.39 is 51.1 Å². The Bertz CT molecular complexity index is 1970. The van der Waals surface area contributed by atoms with Crippen molar-refractivity contribution in [1.29, 1.82) is 0 Å². The number of likely N-dealkylation sites (tertiary alicyclic amines) is 1. The normalized spacial score (nSPS) is 29.3. The van der Waals surface area contributed by atoms with Crippen LogP contribution in [0.5, 0.6) is 5.75 Å². The molecular weight excluding hydrogens is 757 g/mol. The van der Waals surface area contributed by atoms with Crippen molar-refractivity contribution >= 4 is 97.1 Å². The number of allylic oxidation sites excluding steroid dienone is 2. The summed E-state index contributed by atoms with van der Waals surface area (Å²) in [6.45, 7) is 0. The lowest BCUT2D eigenvalue weighted by Crippen LogP contribution is -2.60. The van der Waals surface area contributed by atoms with E-state index in [0.29, 0.717) is 22.6 Å². The molecule has 10 nitrogen and oxygen atoms in total. The zero-order valence-electron chi connectivity index (χ0n) is 26.2. The Hall–Kier alpha value is -3.77. The summed E-state index contributed by atoms with van der Waals surface area (Å²) in [6, 6.07) is 18.5. The Morgan fingerprint density at radius 2 is 1.53 bits per heavy atom. The van der Waals surface area contributed by atoms with Crippen LogP contribution in [0.2, 0.25) is 5.02 Å². The molecule has 1 saturated carbocycles. The SMILES string of the molecule is CN(C)c1ccc(N=Nc2ccc(N3C(=O)C4CC=C5C(CC6(Cl)C(=O)N(CBr)C(=O)C6(Cl)C5c5cc(Cl)ccc5O)C4C3=O)cc2)cc1. The number of fused-ring (bicyclic) bond motifs is 4. The molecule has 1 N–H and O–H groups in total. The first-order chi connectivity index (χ1) is 23.3. The number of phenolic OH excluding ortho intramolecular Hbond substituents is 1. The van der Waals surface area contributed by atoms with E-state index in [4.69, 9.17) is 34.8 Å². The number of carbonyl (C=O) groups excluding carboxylic acids is 4. The lowest BCUT2D eigenvalue weighted by Gasteiger charge is -2.50. The van der Waals surface area contributed by atoms with Crippen LogP contribution in [0.3, 0.4) is 0 Å². The number of azo groups is 1. The number of nitrogens with zero attached hydrogens (tertiary/aromatic N) is 5. The third kappa shape index (κ3) is 5.03. The topological polar surface area (TPSA) is 123 Å². The molecule has 6 unspecified atom stereocenters. The van der Waals surface area contributed by atoms with Crippen LogP contribution in [0.25, 0.3) is 0 Å². The van der Waals surface area contributed by atoms with Gasteiger partial charge in [0.15, 0.2) is 9.75 Å². The largest absolute Gasteiger partial charge is 0.508 e. The van der Waals surface area contributed by atoms with Gasteiger partial charge in [0.25, 0.3) is 11.8 Å². The van der Waals surface area contributed by atoms with Crippen LogP contribution in [0.4, 0.5) is 22.7 Å². The van der Waals surface area contributed by atoms with Gasteiger partial charge >= 0.3 is 0 Å². The first-order valence-electron chi connectivity index (χ1n) is 15.5. The maximum atomic E-state index is 14.3. The fourth-order valence-corrected chi connectivity index (χ4v) is 9.31. The minimum absolute atomic E-state index is 0.152. The van der Waals surface area contributed by atoms with Gasteiger partial charge in [0.2, 0.25) is 11.8 Å². The summed E-state index contributed by atoms with van der Waals surface area (Å²) in [5.41, 5.74) is 3.20. The highest BCUT2D eigenvalue weighted by molar-refractivity contribution is 9.09. The van der Waals surface area contributed by atoms with Crippen LogP contribution >= 0.6 is 50.7 Å². The molecule has 3 fully saturated rings. The third-order valence-electron chi connectivity index (χ3n) is 10.1. The fourth-order valence-electron chi connectivity index (χ4n) is 7.71. The summed E-state index contributed by atoms with van der Waals surface area (Å²) >= 11 is 24.0. The Morgan fingerprint density at radius 1 is 0.898 bits per heavy atom. The summed E-state index contributed by atoms with van der Waals surface area (Å²) in [5.74, 6) is -5.97. The highest BCUT2D eigenvalue weighted by Gasteiger charge is 2.76. The van der Waals surface area contributed by atoms with Crippen LogP contribution in [-0.2, 0) is 19.2 Å². The van der Waals surface area contributed by atoms with Crippen LogP contribution in [-0.4, -0.2) is 62.9 Å². The predicted octanol–water partition coefficient (Wildman–Crippen LogP) is 7.44. The predicted molar refractivity (Wildman–Crippen MR) is 190 cm³/mol. The number of imide groups is 2. The highest BCUT2D eigenvalue weighted by atomic mass is 79.9. The van der Waals surface area contributed by atoms with E-state index in [1.807, 2.05) is 43.3 Å². The number of hydrogen-bond acceptors (Lipinski definition) is 8. The molecular formula is C35H29BrCl3N5O5. The Morgan fingerprint density at radius 3 is 2.14 bits per heavy atom. The molecule has 49 heavy (non-hydrogen) atoms. The van der Waals surface area contributed by atoms with E-state index in [2.05, 4.69) is 26.2 Å². The van der Waals surface area contributed by atoms with Gasteiger partial charge in [-0.2, -0.15) is 10.2 Å². The molecule has 2 saturated heterocycles. The standard InChI is InChI=1S/C35H29BrCl3N5O5/c1-42(2)21-8-4-19(5-9-21)40-41-20-6-10-22(11-7-20)44-30(46)24-13-12-23-26(28(24)31(44)47)16-34(38)32(48)43(17-36)33(49)35(34,39)29(23)25-15-18(37)3-14-27(25)45/h3-12,14-15,24,26,28-29,45H,13,16-17H2,1-2H3. The molecule has 4 amide bonds. The van der Waals surface area contributed by atoms with Crippen molar-refractivity contribution in [3.05, 3.63) is 89.0 Å². The van der Waals surface area contributed by atoms with Crippen LogP contribution in [0, 0.1) is 17.8 Å². The smallest absolute Gasteiger partial charge is 0.254 e. The molecule has 2 aliphatic carbocycles. The fraction of sp³-hybridized carbons (Fsp3) is 0.314. The monoisotopic (exact) mass is 783 g/mol. The Balaban J connectivity index is 1.23. The number of carbonyl (C=O) groups is 4. The van der Waals surface area contributed by atoms with Gasteiger partial charge in [0.05, 0.1) is 34.4 Å². The van der Waals surface area contributed by atoms with E-state index in [9.17, 15) is 24.3 Å². The maximum absolute atomic E-state index is 14.3. The Labute approximate surface area is 305 Å². The second-order valence-electron chi connectivity index (χ2n) is 12.8. The van der Waals surface area contributed by atoms with Crippen molar-refractivity contribution < 1.29 is 24.3 Å². The van der Waals surface area contributed by atoms with E-state index in [1.165, 1.54) is 18.2 Å². The number of anilines is 2. The summed E-state index contributed by atoms with van der Waals surface area (Å²) in [7, 11) is 3.90. The molecule has 14 heteroatoms. The van der Waals surface area contributed by atoms with Gasteiger partial charge in [0.1, 0.15) is 5.75 Å². The van der Waals surface area contributed by atoms with Crippen LogP contribution < -0.4 is 9.80 Å². The number of alkyl halides is 3. The molecule has 3 aromatic rings. The highest BCUT2D eigenvalue weighted by Crippen LogP contribution is 2.66. The van der Waals surface area contributed by atoms with Crippen molar-refractivity contribution in [3.63, 3.8) is 0 Å². The van der Waals surface area contributed by atoms with Crippen LogP contribution in [0.1, 0.15) is 24.3 Å². The first kappa shape index (κ1) is 33.7. The number of rotatable bonds is 6. The lowest BCUT2D eigenvalue weighted by atomic mass is 9.56. The first-order valence-corrected chi connectivity index (χ1v) is 17.7. The van der Waals surface area contributed by atoms with E-state index >= 15 is 0 Å². The molecule has 0 bridgehead atoms. The van der Waals surface area contributed by atoms with Crippen molar-refractivity contribution in [2.24, 2.45) is 28.0 Å². The van der Waals surface area contributed by atoms with Crippen molar-refractivity contribution in [2.45, 2.75) is 28.5 Å². The van der Waals surface area contributed by atoms with E-state index in [-0.39, 0.29) is 40.5 Å². The number of benzene rings is 3. The second-order valence-corrected chi connectivity index (χ2v) is 15.0.